The molecule has 0 aliphatic carbocycles. The number of aryl methyl sites for hydroxylation is 1. The Bertz CT molecular complexity index is 1030. The summed E-state index contributed by atoms with van der Waals surface area (Å²) in [6.07, 6.45) is 1.85. The predicted molar refractivity (Wildman–Crippen MR) is 123 cm³/mol. The maximum Gasteiger partial charge on any atom is 0.261 e. The summed E-state index contributed by atoms with van der Waals surface area (Å²) in [5.74, 6) is -0.0279. The topological polar surface area (TPSA) is 81.8 Å². The first kappa shape index (κ1) is 21.8. The second-order valence-corrected chi connectivity index (χ2v) is 9.92. The normalized spacial score (nSPS) is 18.2. The molecule has 0 saturated carbocycles. The third-order valence-corrected chi connectivity index (χ3v) is 7.41. The summed E-state index contributed by atoms with van der Waals surface area (Å²) < 4.78 is 28.4. The molecule has 166 valence electrons. The number of hydrogen-bond acceptors (Lipinski definition) is 5. The van der Waals surface area contributed by atoms with E-state index in [9.17, 15) is 13.2 Å². The third kappa shape index (κ3) is 5.44. The number of likely N-dealkylation sites (N-methyl/N-ethyl adjacent to an activating group) is 1. The van der Waals surface area contributed by atoms with Gasteiger partial charge in [0.1, 0.15) is 0 Å². The van der Waals surface area contributed by atoms with Crippen LogP contribution in [0.5, 0.6) is 0 Å². The Labute approximate surface area is 184 Å². The zero-order valence-electron chi connectivity index (χ0n) is 17.9. The number of benzene rings is 2. The fourth-order valence-electron chi connectivity index (χ4n) is 4.13. The number of anilines is 2. The SMILES string of the molecule is CCN1CCN(Cc2ccc(NS(=O)(=O)c3ccc4c(c3)CCCC(=O)N4)cc2)CC1. The van der Waals surface area contributed by atoms with Gasteiger partial charge in [0.2, 0.25) is 5.91 Å². The van der Waals surface area contributed by atoms with Gasteiger partial charge in [0.05, 0.1) is 4.90 Å². The molecule has 1 fully saturated rings. The molecule has 2 heterocycles. The molecular weight excluding hydrogens is 412 g/mol. The van der Waals surface area contributed by atoms with Crippen molar-refractivity contribution in [2.75, 3.05) is 42.8 Å². The Hall–Kier alpha value is -2.42. The van der Waals surface area contributed by atoms with Crippen LogP contribution in [0.25, 0.3) is 0 Å². The predicted octanol–water partition coefficient (Wildman–Crippen LogP) is 2.90. The van der Waals surface area contributed by atoms with E-state index >= 15 is 0 Å². The molecule has 0 spiro atoms. The lowest BCUT2D eigenvalue weighted by Crippen LogP contribution is -2.45. The van der Waals surface area contributed by atoms with Gasteiger partial charge in [0.25, 0.3) is 10.0 Å². The van der Waals surface area contributed by atoms with Gasteiger partial charge in [-0.05, 0) is 60.8 Å². The van der Waals surface area contributed by atoms with Crippen LogP contribution < -0.4 is 10.0 Å². The van der Waals surface area contributed by atoms with Crippen LogP contribution in [0, 0.1) is 0 Å². The van der Waals surface area contributed by atoms with Crippen LogP contribution in [0.1, 0.15) is 30.9 Å². The zero-order valence-corrected chi connectivity index (χ0v) is 18.7. The molecule has 8 heteroatoms. The molecule has 31 heavy (non-hydrogen) atoms. The molecule has 0 aromatic heterocycles. The molecule has 2 aliphatic rings. The van der Waals surface area contributed by atoms with Gasteiger partial charge in [-0.2, -0.15) is 0 Å². The first-order chi connectivity index (χ1) is 14.9. The Morgan fingerprint density at radius 2 is 1.68 bits per heavy atom. The molecule has 1 amide bonds. The maximum atomic E-state index is 12.9. The van der Waals surface area contributed by atoms with Crippen LogP contribution in [0.15, 0.2) is 47.4 Å². The average molecular weight is 443 g/mol. The quantitative estimate of drug-likeness (QED) is 0.719. The summed E-state index contributed by atoms with van der Waals surface area (Å²) in [6, 6.07) is 12.5. The van der Waals surface area contributed by atoms with Crippen molar-refractivity contribution in [3.8, 4) is 0 Å². The van der Waals surface area contributed by atoms with E-state index in [4.69, 9.17) is 0 Å². The Morgan fingerprint density at radius 3 is 2.39 bits per heavy atom. The Balaban J connectivity index is 1.40. The molecule has 4 rings (SSSR count). The summed E-state index contributed by atoms with van der Waals surface area (Å²) in [6.45, 7) is 8.47. The Kier molecular flexibility index (Phi) is 6.60. The standard InChI is InChI=1S/C23H30N4O3S/c1-2-26-12-14-27(15-13-26)17-18-6-8-20(9-7-18)25-31(29,30)21-10-11-22-19(16-21)4-3-5-23(28)24-22/h6-11,16,25H,2-5,12-15,17H2,1H3,(H,24,28). The van der Waals surface area contributed by atoms with Gasteiger partial charge in [0.15, 0.2) is 0 Å². The van der Waals surface area contributed by atoms with E-state index < -0.39 is 10.0 Å². The molecule has 2 aromatic carbocycles. The van der Waals surface area contributed by atoms with Gasteiger partial charge in [-0.3, -0.25) is 14.4 Å². The molecule has 1 saturated heterocycles. The van der Waals surface area contributed by atoms with Crippen molar-refractivity contribution < 1.29 is 13.2 Å². The molecule has 2 aromatic rings. The van der Waals surface area contributed by atoms with E-state index in [1.165, 1.54) is 11.6 Å². The van der Waals surface area contributed by atoms with Gasteiger partial charge >= 0.3 is 0 Å². The summed E-state index contributed by atoms with van der Waals surface area (Å²) in [7, 11) is -3.70. The van der Waals surface area contributed by atoms with Crippen LogP contribution in [0.4, 0.5) is 11.4 Å². The van der Waals surface area contributed by atoms with Crippen LogP contribution in [0.2, 0.25) is 0 Å². The van der Waals surface area contributed by atoms with Crippen LogP contribution >= 0.6 is 0 Å². The van der Waals surface area contributed by atoms with Crippen LogP contribution in [-0.4, -0.2) is 56.8 Å². The molecule has 0 radical (unpaired) electrons. The van der Waals surface area contributed by atoms with Gasteiger partial charge < -0.3 is 10.2 Å². The monoisotopic (exact) mass is 442 g/mol. The maximum absolute atomic E-state index is 12.9. The number of carbonyl (C=O) groups is 1. The average Bonchev–Trinajstić information content (AvgIpc) is 2.95. The highest BCUT2D eigenvalue weighted by Gasteiger charge is 2.19. The third-order valence-electron chi connectivity index (χ3n) is 6.04. The van der Waals surface area contributed by atoms with Crippen LogP contribution in [0.3, 0.4) is 0 Å². The van der Waals surface area contributed by atoms with Gasteiger partial charge in [0, 0.05) is 50.5 Å². The van der Waals surface area contributed by atoms with Crippen molar-refractivity contribution in [2.45, 2.75) is 37.6 Å². The molecule has 0 bridgehead atoms. The number of fused-ring (bicyclic) bond motifs is 1. The lowest BCUT2D eigenvalue weighted by atomic mass is 10.1. The minimum Gasteiger partial charge on any atom is -0.326 e. The van der Waals surface area contributed by atoms with Crippen molar-refractivity contribution in [1.82, 2.24) is 9.80 Å². The number of amides is 1. The van der Waals surface area contributed by atoms with E-state index in [0.717, 1.165) is 44.8 Å². The lowest BCUT2D eigenvalue weighted by molar-refractivity contribution is -0.116. The van der Waals surface area contributed by atoms with E-state index in [1.807, 2.05) is 24.3 Å². The number of hydrogen-bond donors (Lipinski definition) is 2. The number of carbonyl (C=O) groups excluding carboxylic acids is 1. The van der Waals surface area contributed by atoms with Gasteiger partial charge in [-0.25, -0.2) is 8.42 Å². The number of piperazine rings is 1. The molecule has 7 nitrogen and oxygen atoms in total. The van der Waals surface area contributed by atoms with Crippen molar-refractivity contribution in [2.24, 2.45) is 0 Å². The highest BCUT2D eigenvalue weighted by atomic mass is 32.2. The molecule has 2 aliphatic heterocycles. The summed E-state index contributed by atoms with van der Waals surface area (Å²) in [5, 5.41) is 2.84. The number of nitrogens with zero attached hydrogens (tertiary/aromatic N) is 2. The van der Waals surface area contributed by atoms with Gasteiger partial charge in [-0.1, -0.05) is 19.1 Å². The second kappa shape index (κ2) is 9.38. The van der Waals surface area contributed by atoms with Crippen LogP contribution in [-0.2, 0) is 27.8 Å². The smallest absolute Gasteiger partial charge is 0.261 e. The van der Waals surface area contributed by atoms with Crippen molar-refractivity contribution in [1.29, 1.82) is 0 Å². The summed E-state index contributed by atoms with van der Waals surface area (Å²) in [5.41, 5.74) is 3.27. The first-order valence-electron chi connectivity index (χ1n) is 10.9. The molecule has 0 unspecified atom stereocenters. The van der Waals surface area contributed by atoms with E-state index in [-0.39, 0.29) is 10.8 Å². The van der Waals surface area contributed by atoms with E-state index in [0.29, 0.717) is 30.6 Å². The molecule has 0 atom stereocenters. The fraction of sp³-hybridized carbons (Fsp3) is 0.435. The first-order valence-corrected chi connectivity index (χ1v) is 12.4. The summed E-state index contributed by atoms with van der Waals surface area (Å²) >= 11 is 0. The molecular formula is C23H30N4O3S. The largest absolute Gasteiger partial charge is 0.326 e. The van der Waals surface area contributed by atoms with E-state index in [1.54, 1.807) is 12.1 Å². The Morgan fingerprint density at radius 1 is 0.968 bits per heavy atom. The number of sulfonamides is 1. The van der Waals surface area contributed by atoms with Crippen molar-refractivity contribution in [3.05, 3.63) is 53.6 Å². The number of nitrogens with one attached hydrogen (secondary N) is 2. The highest BCUT2D eigenvalue weighted by Crippen LogP contribution is 2.26. The van der Waals surface area contributed by atoms with Gasteiger partial charge in [-0.15, -0.1) is 0 Å². The summed E-state index contributed by atoms with van der Waals surface area (Å²) in [4.78, 5) is 16.8. The zero-order chi connectivity index (χ0) is 21.8. The van der Waals surface area contributed by atoms with Crippen molar-refractivity contribution >= 4 is 27.3 Å². The molecule has 2 N–H and O–H groups in total. The lowest BCUT2D eigenvalue weighted by Gasteiger charge is -2.34. The number of rotatable bonds is 6. The minimum atomic E-state index is -3.70. The highest BCUT2D eigenvalue weighted by molar-refractivity contribution is 7.92. The van der Waals surface area contributed by atoms with Crippen molar-refractivity contribution in [3.63, 3.8) is 0 Å². The second-order valence-electron chi connectivity index (χ2n) is 8.23. The fourth-order valence-corrected chi connectivity index (χ4v) is 5.24. The van der Waals surface area contributed by atoms with E-state index in [2.05, 4.69) is 26.8 Å². The minimum absolute atomic E-state index is 0.0279.